The third kappa shape index (κ3) is 4.45. The number of anilines is 1. The van der Waals surface area contributed by atoms with Crippen molar-refractivity contribution in [3.63, 3.8) is 0 Å². The highest BCUT2D eigenvalue weighted by Crippen LogP contribution is 2.15. The SMILES string of the molecule is CC1CNCCN1C(=O)c1cccc(NC(=O)CCn2ccnc2)c1. The largest absolute Gasteiger partial charge is 0.337 e. The van der Waals surface area contributed by atoms with Crippen LogP contribution in [0.3, 0.4) is 0 Å². The summed E-state index contributed by atoms with van der Waals surface area (Å²) in [7, 11) is 0. The van der Waals surface area contributed by atoms with E-state index in [0.717, 1.165) is 13.1 Å². The Kier molecular flexibility index (Phi) is 5.45. The first-order valence-corrected chi connectivity index (χ1v) is 8.51. The molecule has 2 aromatic rings. The van der Waals surface area contributed by atoms with Crippen LogP contribution >= 0.6 is 0 Å². The number of nitrogens with one attached hydrogen (secondary N) is 2. The molecule has 3 rings (SSSR count). The molecule has 1 fully saturated rings. The molecule has 2 heterocycles. The Labute approximate surface area is 147 Å². The number of rotatable bonds is 5. The Balaban J connectivity index is 1.60. The lowest BCUT2D eigenvalue weighted by Gasteiger charge is -2.34. The molecule has 1 aromatic heterocycles. The fraction of sp³-hybridized carbons (Fsp3) is 0.389. The van der Waals surface area contributed by atoms with E-state index in [4.69, 9.17) is 0 Å². The lowest BCUT2D eigenvalue weighted by atomic mass is 10.1. The standard InChI is InChI=1S/C18H23N5O2/c1-14-12-19-7-10-23(14)18(25)15-3-2-4-16(11-15)21-17(24)5-8-22-9-6-20-13-22/h2-4,6,9,11,13-14,19H,5,7-8,10,12H2,1H3,(H,21,24). The summed E-state index contributed by atoms with van der Waals surface area (Å²) in [5, 5.41) is 6.13. The van der Waals surface area contributed by atoms with Crippen molar-refractivity contribution in [3.05, 3.63) is 48.5 Å². The van der Waals surface area contributed by atoms with Crippen LogP contribution in [-0.2, 0) is 11.3 Å². The number of imidazole rings is 1. The Bertz CT molecular complexity index is 729. The molecular weight excluding hydrogens is 318 g/mol. The Morgan fingerprint density at radius 3 is 3.04 bits per heavy atom. The molecule has 0 aliphatic carbocycles. The van der Waals surface area contributed by atoms with Crippen molar-refractivity contribution in [1.82, 2.24) is 19.8 Å². The number of amides is 2. The predicted molar refractivity (Wildman–Crippen MR) is 95.3 cm³/mol. The summed E-state index contributed by atoms with van der Waals surface area (Å²) < 4.78 is 1.85. The quantitative estimate of drug-likeness (QED) is 0.860. The van der Waals surface area contributed by atoms with Crippen LogP contribution in [0.4, 0.5) is 5.69 Å². The second kappa shape index (κ2) is 7.94. The normalized spacial score (nSPS) is 17.3. The van der Waals surface area contributed by atoms with Crippen LogP contribution in [0.25, 0.3) is 0 Å². The molecule has 0 saturated carbocycles. The van der Waals surface area contributed by atoms with Gasteiger partial charge >= 0.3 is 0 Å². The molecule has 0 radical (unpaired) electrons. The molecule has 1 aliphatic heterocycles. The first-order valence-electron chi connectivity index (χ1n) is 8.51. The molecule has 7 heteroatoms. The zero-order valence-electron chi connectivity index (χ0n) is 14.3. The first kappa shape index (κ1) is 17.2. The van der Waals surface area contributed by atoms with Gasteiger partial charge in [0.05, 0.1) is 6.33 Å². The monoisotopic (exact) mass is 341 g/mol. The van der Waals surface area contributed by atoms with Crippen molar-refractivity contribution >= 4 is 17.5 Å². The minimum atomic E-state index is -0.0890. The van der Waals surface area contributed by atoms with Gasteiger partial charge in [-0.1, -0.05) is 6.07 Å². The van der Waals surface area contributed by atoms with Gasteiger partial charge in [-0.2, -0.15) is 0 Å². The number of aryl methyl sites for hydroxylation is 1. The van der Waals surface area contributed by atoms with Crippen molar-refractivity contribution in [2.45, 2.75) is 25.9 Å². The van der Waals surface area contributed by atoms with Crippen LogP contribution < -0.4 is 10.6 Å². The van der Waals surface area contributed by atoms with Gasteiger partial charge in [-0.05, 0) is 25.1 Å². The van der Waals surface area contributed by atoms with Gasteiger partial charge in [0.1, 0.15) is 0 Å². The number of piperazine rings is 1. The number of benzene rings is 1. The lowest BCUT2D eigenvalue weighted by molar-refractivity contribution is -0.116. The molecule has 25 heavy (non-hydrogen) atoms. The van der Waals surface area contributed by atoms with Gasteiger partial charge in [0.15, 0.2) is 0 Å². The van der Waals surface area contributed by atoms with Gasteiger partial charge in [0.2, 0.25) is 5.91 Å². The molecule has 1 aromatic carbocycles. The summed E-state index contributed by atoms with van der Waals surface area (Å²) in [4.78, 5) is 30.6. The number of carbonyl (C=O) groups excluding carboxylic acids is 2. The van der Waals surface area contributed by atoms with E-state index in [0.29, 0.717) is 30.8 Å². The minimum absolute atomic E-state index is 0.00325. The van der Waals surface area contributed by atoms with Crippen LogP contribution in [0, 0.1) is 0 Å². The van der Waals surface area contributed by atoms with Crippen molar-refractivity contribution in [1.29, 1.82) is 0 Å². The fourth-order valence-corrected chi connectivity index (χ4v) is 2.91. The van der Waals surface area contributed by atoms with E-state index in [1.165, 1.54) is 0 Å². The fourth-order valence-electron chi connectivity index (χ4n) is 2.91. The third-order valence-corrected chi connectivity index (χ3v) is 4.31. The topological polar surface area (TPSA) is 79.3 Å². The first-order chi connectivity index (χ1) is 12.1. The minimum Gasteiger partial charge on any atom is -0.337 e. The van der Waals surface area contributed by atoms with E-state index >= 15 is 0 Å². The smallest absolute Gasteiger partial charge is 0.254 e. The molecule has 2 amide bonds. The number of hydrogen-bond acceptors (Lipinski definition) is 4. The summed E-state index contributed by atoms with van der Waals surface area (Å²) in [5.41, 5.74) is 1.24. The summed E-state index contributed by atoms with van der Waals surface area (Å²) >= 11 is 0. The molecule has 2 N–H and O–H groups in total. The van der Waals surface area contributed by atoms with Crippen molar-refractivity contribution in [2.24, 2.45) is 0 Å². The van der Waals surface area contributed by atoms with Gasteiger partial charge in [-0.3, -0.25) is 9.59 Å². The molecule has 1 atom stereocenters. The molecule has 7 nitrogen and oxygen atoms in total. The molecule has 1 aliphatic rings. The van der Waals surface area contributed by atoms with Gasteiger partial charge in [0.25, 0.3) is 5.91 Å². The van der Waals surface area contributed by atoms with Crippen LogP contribution in [0.1, 0.15) is 23.7 Å². The maximum Gasteiger partial charge on any atom is 0.254 e. The highest BCUT2D eigenvalue weighted by atomic mass is 16.2. The molecule has 0 spiro atoms. The zero-order chi connectivity index (χ0) is 17.6. The van der Waals surface area contributed by atoms with E-state index in [1.807, 2.05) is 22.6 Å². The Hall–Kier alpha value is -2.67. The molecule has 1 unspecified atom stereocenters. The molecular formula is C18H23N5O2. The highest BCUT2D eigenvalue weighted by Gasteiger charge is 2.24. The number of carbonyl (C=O) groups is 2. The van der Waals surface area contributed by atoms with Crippen LogP contribution in [0.2, 0.25) is 0 Å². The predicted octanol–water partition coefficient (Wildman–Crippen LogP) is 1.35. The van der Waals surface area contributed by atoms with Crippen LogP contribution in [0.15, 0.2) is 43.0 Å². The summed E-state index contributed by atoms with van der Waals surface area (Å²) in [6.45, 7) is 4.91. The van der Waals surface area contributed by atoms with E-state index in [2.05, 4.69) is 15.6 Å². The molecule has 132 valence electrons. The van der Waals surface area contributed by atoms with Crippen molar-refractivity contribution in [2.75, 3.05) is 25.0 Å². The zero-order valence-corrected chi connectivity index (χ0v) is 14.3. The summed E-state index contributed by atoms with van der Waals surface area (Å²) in [6.07, 6.45) is 5.54. The van der Waals surface area contributed by atoms with Crippen molar-refractivity contribution in [3.8, 4) is 0 Å². The lowest BCUT2D eigenvalue weighted by Crippen LogP contribution is -2.52. The Morgan fingerprint density at radius 2 is 2.28 bits per heavy atom. The maximum absolute atomic E-state index is 12.7. The van der Waals surface area contributed by atoms with E-state index in [1.54, 1.807) is 36.8 Å². The number of nitrogens with zero attached hydrogens (tertiary/aromatic N) is 3. The second-order valence-corrected chi connectivity index (χ2v) is 6.23. The second-order valence-electron chi connectivity index (χ2n) is 6.23. The van der Waals surface area contributed by atoms with E-state index < -0.39 is 0 Å². The maximum atomic E-state index is 12.7. The van der Waals surface area contributed by atoms with Gasteiger partial charge in [-0.15, -0.1) is 0 Å². The summed E-state index contributed by atoms with van der Waals surface area (Å²) in [5.74, 6) is -0.0858. The van der Waals surface area contributed by atoms with E-state index in [-0.39, 0.29) is 17.9 Å². The van der Waals surface area contributed by atoms with Crippen molar-refractivity contribution < 1.29 is 9.59 Å². The molecule has 1 saturated heterocycles. The Morgan fingerprint density at radius 1 is 1.40 bits per heavy atom. The van der Waals surface area contributed by atoms with Gasteiger partial charge in [-0.25, -0.2) is 4.98 Å². The average molecular weight is 341 g/mol. The van der Waals surface area contributed by atoms with Crippen LogP contribution in [0.5, 0.6) is 0 Å². The number of aromatic nitrogens is 2. The molecule has 0 bridgehead atoms. The number of hydrogen-bond donors (Lipinski definition) is 2. The van der Waals surface area contributed by atoms with E-state index in [9.17, 15) is 9.59 Å². The highest BCUT2D eigenvalue weighted by molar-refractivity contribution is 5.97. The summed E-state index contributed by atoms with van der Waals surface area (Å²) in [6, 6.07) is 7.29. The van der Waals surface area contributed by atoms with Crippen LogP contribution in [-0.4, -0.2) is 51.9 Å². The average Bonchev–Trinajstić information content (AvgIpc) is 3.14. The third-order valence-electron chi connectivity index (χ3n) is 4.31. The van der Waals surface area contributed by atoms with Gasteiger partial charge in [0, 0.05) is 62.3 Å². The van der Waals surface area contributed by atoms with Gasteiger partial charge < -0.3 is 20.1 Å².